The molecule has 0 amide bonds. The Hall–Kier alpha value is -2.57. The average molecular weight is 293 g/mol. The Morgan fingerprint density at radius 2 is 1.71 bits per heavy atom. The maximum atomic E-state index is 9.00. The average Bonchev–Trinajstić information content (AvgIpc) is 2.41. The van der Waals surface area contributed by atoms with Gasteiger partial charge in [0.15, 0.2) is 0 Å². The van der Waals surface area contributed by atoms with Gasteiger partial charge in [-0.1, -0.05) is 12.1 Å². The minimum Gasteiger partial charge on any atom is -0.481 e. The first-order valence-electron chi connectivity index (χ1n) is 6.57. The number of carbonyl (C=O) groups is 1. The monoisotopic (exact) mass is 293 g/mol. The highest BCUT2D eigenvalue weighted by molar-refractivity contribution is 5.82. The largest absolute Gasteiger partial charge is 0.481 e. The molecular weight excluding hydrogens is 270 g/mol. The summed E-state index contributed by atoms with van der Waals surface area (Å²) in [4.78, 5) is 11.3. The van der Waals surface area contributed by atoms with Crippen molar-refractivity contribution in [1.29, 1.82) is 0 Å². The van der Waals surface area contributed by atoms with Gasteiger partial charge < -0.3 is 21.5 Å². The minimum absolute atomic E-state index is 0.0407. The van der Waals surface area contributed by atoms with E-state index in [2.05, 4.69) is 41.1 Å². The second kappa shape index (κ2) is 10.2. The van der Waals surface area contributed by atoms with E-state index in [1.807, 2.05) is 12.1 Å². The number of benzene rings is 1. The van der Waals surface area contributed by atoms with Crippen molar-refractivity contribution in [2.24, 2.45) is 21.7 Å². The molecule has 0 aliphatic carbocycles. The molecule has 0 saturated carbocycles. The van der Waals surface area contributed by atoms with Crippen molar-refractivity contribution in [3.8, 4) is 0 Å². The summed E-state index contributed by atoms with van der Waals surface area (Å²) in [6.07, 6.45) is 1.62. The van der Waals surface area contributed by atoms with Crippen molar-refractivity contribution in [2.45, 2.75) is 20.8 Å². The summed E-state index contributed by atoms with van der Waals surface area (Å²) in [6.45, 7) is 7.35. The topological polar surface area (TPSA) is 117 Å². The van der Waals surface area contributed by atoms with Crippen molar-refractivity contribution in [3.05, 3.63) is 29.8 Å². The van der Waals surface area contributed by atoms with Crippen molar-refractivity contribution in [2.75, 3.05) is 18.0 Å². The Labute approximate surface area is 125 Å². The van der Waals surface area contributed by atoms with Gasteiger partial charge in [-0.2, -0.15) is 5.10 Å². The maximum Gasteiger partial charge on any atom is 0.300 e. The highest BCUT2D eigenvalue weighted by atomic mass is 16.4. The third kappa shape index (κ3) is 9.04. The van der Waals surface area contributed by atoms with Gasteiger partial charge in [0.05, 0.1) is 6.21 Å². The zero-order valence-corrected chi connectivity index (χ0v) is 12.7. The number of carboxylic acid groups (broad SMARTS) is 1. The molecule has 21 heavy (non-hydrogen) atoms. The van der Waals surface area contributed by atoms with Gasteiger partial charge in [-0.15, -0.1) is 5.10 Å². The Kier molecular flexibility index (Phi) is 8.99. The third-order valence-electron chi connectivity index (χ3n) is 2.40. The fourth-order valence-electron chi connectivity index (χ4n) is 1.52. The first kappa shape index (κ1) is 18.4. The van der Waals surface area contributed by atoms with Crippen molar-refractivity contribution in [1.82, 2.24) is 0 Å². The van der Waals surface area contributed by atoms with Crippen LogP contribution >= 0.6 is 0 Å². The molecule has 0 saturated heterocycles. The highest BCUT2D eigenvalue weighted by Gasteiger charge is 1.99. The summed E-state index contributed by atoms with van der Waals surface area (Å²) in [7, 11) is 0. The van der Waals surface area contributed by atoms with Crippen LogP contribution in [0.4, 0.5) is 5.69 Å². The number of aliphatic carboxylic acids is 1. The lowest BCUT2D eigenvalue weighted by Gasteiger charge is -2.20. The number of guanidine groups is 1. The number of hydrogen-bond donors (Lipinski definition) is 3. The molecule has 7 nitrogen and oxygen atoms in total. The van der Waals surface area contributed by atoms with Crippen LogP contribution in [0.15, 0.2) is 34.5 Å². The number of anilines is 1. The second-order valence-corrected chi connectivity index (χ2v) is 4.05. The van der Waals surface area contributed by atoms with Crippen molar-refractivity contribution in [3.63, 3.8) is 0 Å². The van der Waals surface area contributed by atoms with Crippen LogP contribution in [-0.2, 0) is 4.79 Å². The van der Waals surface area contributed by atoms with Gasteiger partial charge in [-0.05, 0) is 31.5 Å². The Bertz CT molecular complexity index is 471. The molecule has 116 valence electrons. The summed E-state index contributed by atoms with van der Waals surface area (Å²) >= 11 is 0. The molecule has 5 N–H and O–H groups in total. The number of hydrogen-bond acceptors (Lipinski definition) is 4. The molecule has 0 atom stereocenters. The van der Waals surface area contributed by atoms with Gasteiger partial charge in [0.25, 0.3) is 5.97 Å². The first-order chi connectivity index (χ1) is 9.90. The standard InChI is InChI=1S/C12H19N5.C2H4O2/c1-3-17(4-2)11-7-5-10(6-8-11)9-15-16-12(13)14;1-2(3)4/h5-9H,3-4H2,1-2H3,(H4,13,14,16);1H3,(H,3,4)/b15-9+;. The predicted molar refractivity (Wildman–Crippen MR) is 86.7 cm³/mol. The quantitative estimate of drug-likeness (QED) is 0.429. The van der Waals surface area contributed by atoms with Gasteiger partial charge in [-0.3, -0.25) is 4.79 Å². The molecule has 0 heterocycles. The van der Waals surface area contributed by atoms with E-state index in [-0.39, 0.29) is 5.96 Å². The maximum absolute atomic E-state index is 9.00. The molecule has 7 heteroatoms. The van der Waals surface area contributed by atoms with Crippen LogP contribution in [0, 0.1) is 0 Å². The zero-order chi connectivity index (χ0) is 16.3. The Balaban J connectivity index is 0.000000885. The molecule has 0 aromatic heterocycles. The molecule has 0 fully saturated rings. The van der Waals surface area contributed by atoms with E-state index in [9.17, 15) is 0 Å². The van der Waals surface area contributed by atoms with Crippen molar-refractivity contribution < 1.29 is 9.90 Å². The summed E-state index contributed by atoms with van der Waals surface area (Å²) in [5.74, 6) is -0.874. The second-order valence-electron chi connectivity index (χ2n) is 4.05. The van der Waals surface area contributed by atoms with Gasteiger partial charge in [-0.25, -0.2) is 0 Å². The van der Waals surface area contributed by atoms with E-state index in [1.54, 1.807) is 6.21 Å². The first-order valence-corrected chi connectivity index (χ1v) is 6.57. The lowest BCUT2D eigenvalue weighted by molar-refractivity contribution is -0.134. The van der Waals surface area contributed by atoms with Crippen molar-refractivity contribution >= 4 is 23.8 Å². The molecule has 0 bridgehead atoms. The van der Waals surface area contributed by atoms with Crippen LogP contribution in [-0.4, -0.2) is 36.3 Å². The summed E-state index contributed by atoms with van der Waals surface area (Å²) in [6, 6.07) is 8.09. The van der Waals surface area contributed by atoms with E-state index in [0.717, 1.165) is 25.6 Å². The van der Waals surface area contributed by atoms with E-state index < -0.39 is 5.97 Å². The van der Waals surface area contributed by atoms with Gasteiger partial charge in [0, 0.05) is 25.7 Å². The SMILES string of the molecule is CC(=O)O.CCN(CC)c1ccc(/C=N/N=C(N)N)cc1. The highest BCUT2D eigenvalue weighted by Crippen LogP contribution is 2.13. The predicted octanol–water partition coefficient (Wildman–Crippen LogP) is 1.23. The lowest BCUT2D eigenvalue weighted by atomic mass is 10.2. The number of rotatable bonds is 5. The van der Waals surface area contributed by atoms with Crippen LogP contribution in [0.25, 0.3) is 0 Å². The summed E-state index contributed by atoms with van der Waals surface area (Å²) in [5, 5.41) is 14.7. The Morgan fingerprint density at radius 1 is 1.24 bits per heavy atom. The summed E-state index contributed by atoms with van der Waals surface area (Å²) < 4.78 is 0. The van der Waals surface area contributed by atoms with Gasteiger partial charge in [0.2, 0.25) is 5.96 Å². The van der Waals surface area contributed by atoms with Crippen LogP contribution in [0.2, 0.25) is 0 Å². The Morgan fingerprint density at radius 3 is 2.10 bits per heavy atom. The number of carboxylic acids is 1. The molecule has 1 aromatic rings. The van der Waals surface area contributed by atoms with Crippen LogP contribution in [0.1, 0.15) is 26.3 Å². The van der Waals surface area contributed by atoms with Crippen LogP contribution in [0.5, 0.6) is 0 Å². The molecule has 0 aliphatic rings. The van der Waals surface area contributed by atoms with Crippen LogP contribution < -0.4 is 16.4 Å². The third-order valence-corrected chi connectivity index (χ3v) is 2.40. The molecule has 0 aliphatic heterocycles. The zero-order valence-electron chi connectivity index (χ0n) is 12.7. The normalized spacial score (nSPS) is 9.67. The minimum atomic E-state index is -0.833. The van der Waals surface area contributed by atoms with E-state index in [1.165, 1.54) is 5.69 Å². The van der Waals surface area contributed by atoms with Gasteiger partial charge >= 0.3 is 0 Å². The van der Waals surface area contributed by atoms with Crippen LogP contribution in [0.3, 0.4) is 0 Å². The molecule has 0 spiro atoms. The molecule has 0 unspecified atom stereocenters. The van der Waals surface area contributed by atoms with Gasteiger partial charge in [0.1, 0.15) is 0 Å². The fraction of sp³-hybridized carbons (Fsp3) is 0.357. The number of nitrogens with zero attached hydrogens (tertiary/aromatic N) is 3. The molecule has 0 radical (unpaired) electrons. The summed E-state index contributed by atoms with van der Waals surface area (Å²) in [5.41, 5.74) is 12.5. The molecular formula is C14H23N5O2. The molecule has 1 rings (SSSR count). The van der Waals surface area contributed by atoms with E-state index in [4.69, 9.17) is 21.4 Å². The number of nitrogens with two attached hydrogens (primary N) is 2. The molecule has 1 aromatic carbocycles. The lowest BCUT2D eigenvalue weighted by Crippen LogP contribution is -2.21. The van der Waals surface area contributed by atoms with E-state index in [0.29, 0.717) is 0 Å². The van der Waals surface area contributed by atoms with E-state index >= 15 is 0 Å². The fourth-order valence-corrected chi connectivity index (χ4v) is 1.52. The smallest absolute Gasteiger partial charge is 0.300 e.